The molecular weight excluding hydrogens is 298 g/mol. The van der Waals surface area contributed by atoms with Crippen molar-refractivity contribution in [3.05, 3.63) is 29.8 Å². The van der Waals surface area contributed by atoms with Crippen LogP contribution in [0.5, 0.6) is 0 Å². The van der Waals surface area contributed by atoms with Crippen LogP contribution in [-0.2, 0) is 4.79 Å². The number of nitrogens with one attached hydrogen (secondary N) is 1. The van der Waals surface area contributed by atoms with Gasteiger partial charge in [-0.2, -0.15) is 0 Å². The molecule has 0 aliphatic heterocycles. The second-order valence-electron chi connectivity index (χ2n) is 6.35. The summed E-state index contributed by atoms with van der Waals surface area (Å²) in [6.45, 7) is 5.28. The molecule has 2 rings (SSSR count). The Morgan fingerprint density at radius 1 is 1.36 bits per heavy atom. The summed E-state index contributed by atoms with van der Waals surface area (Å²) in [6.07, 6.45) is 2.48. The molecule has 1 aliphatic rings. The van der Waals surface area contributed by atoms with Crippen molar-refractivity contribution < 1.29 is 4.79 Å². The number of carbonyl (C=O) groups excluding carboxylic acids is 1. The average molecular weight is 326 g/mol. The molecule has 1 fully saturated rings. The topological polar surface area (TPSA) is 58.4 Å². The maximum Gasteiger partial charge on any atom is 0.238 e. The summed E-state index contributed by atoms with van der Waals surface area (Å²) in [5.74, 6) is 1.10. The van der Waals surface area contributed by atoms with E-state index in [0.717, 1.165) is 5.69 Å². The molecule has 0 bridgehead atoms. The van der Waals surface area contributed by atoms with Gasteiger partial charge in [-0.3, -0.25) is 9.69 Å². The maximum absolute atomic E-state index is 12.3. The molecular formula is C17H28ClN3O. The first-order chi connectivity index (χ1) is 10.0. The lowest BCUT2D eigenvalue weighted by Crippen LogP contribution is -2.43. The Kier molecular flexibility index (Phi) is 7.33. The second kappa shape index (κ2) is 8.51. The lowest BCUT2D eigenvalue weighted by molar-refractivity contribution is -0.117. The van der Waals surface area contributed by atoms with Crippen molar-refractivity contribution in [1.82, 2.24) is 4.90 Å². The highest BCUT2D eigenvalue weighted by atomic mass is 35.5. The fraction of sp³-hybridized carbons (Fsp3) is 0.588. The van der Waals surface area contributed by atoms with Crippen LogP contribution in [0.25, 0.3) is 0 Å². The number of likely N-dealkylation sites (N-methyl/N-ethyl adjacent to an activating group) is 1. The minimum Gasteiger partial charge on any atom is -0.329 e. The van der Waals surface area contributed by atoms with Crippen molar-refractivity contribution in [2.45, 2.75) is 38.6 Å². The van der Waals surface area contributed by atoms with Gasteiger partial charge in [-0.15, -0.1) is 12.4 Å². The summed E-state index contributed by atoms with van der Waals surface area (Å²) >= 11 is 0. The molecule has 1 aromatic rings. The van der Waals surface area contributed by atoms with Crippen molar-refractivity contribution in [2.75, 3.05) is 25.5 Å². The molecule has 0 spiro atoms. The number of para-hydroxylation sites is 1. The summed E-state index contributed by atoms with van der Waals surface area (Å²) in [6, 6.07) is 8.33. The van der Waals surface area contributed by atoms with E-state index >= 15 is 0 Å². The standard InChI is InChI=1S/C17H27N3O.ClH/c1-12(2)14-6-4-5-7-15(14)19-17(21)11-20(3)16(10-18)13-8-9-13;/h4-7,12-13,16H,8-11,18H2,1-3H3,(H,19,21);1H. The molecule has 1 aromatic carbocycles. The first-order valence-corrected chi connectivity index (χ1v) is 7.82. The zero-order chi connectivity index (χ0) is 15.4. The van der Waals surface area contributed by atoms with Gasteiger partial charge in [0.25, 0.3) is 0 Å². The molecule has 0 heterocycles. The molecule has 3 N–H and O–H groups in total. The van der Waals surface area contributed by atoms with Gasteiger partial charge in [-0.1, -0.05) is 32.0 Å². The van der Waals surface area contributed by atoms with E-state index in [0.29, 0.717) is 31.0 Å². The largest absolute Gasteiger partial charge is 0.329 e. The predicted molar refractivity (Wildman–Crippen MR) is 94.6 cm³/mol. The van der Waals surface area contributed by atoms with Gasteiger partial charge >= 0.3 is 0 Å². The van der Waals surface area contributed by atoms with Gasteiger partial charge in [-0.05, 0) is 43.4 Å². The number of halogens is 1. The van der Waals surface area contributed by atoms with E-state index in [1.807, 2.05) is 25.2 Å². The SMILES string of the molecule is CC(C)c1ccccc1NC(=O)CN(C)C(CN)C1CC1.Cl. The summed E-state index contributed by atoms with van der Waals surface area (Å²) < 4.78 is 0. The quantitative estimate of drug-likeness (QED) is 0.810. The Bertz CT molecular complexity index is 489. The van der Waals surface area contributed by atoms with Crippen LogP contribution in [-0.4, -0.2) is 37.0 Å². The molecule has 0 radical (unpaired) electrons. The van der Waals surface area contributed by atoms with Crippen molar-refractivity contribution in [3.63, 3.8) is 0 Å². The third kappa shape index (κ3) is 4.97. The van der Waals surface area contributed by atoms with Crippen LogP contribution in [0.1, 0.15) is 38.2 Å². The van der Waals surface area contributed by atoms with E-state index in [4.69, 9.17) is 5.73 Å². The van der Waals surface area contributed by atoms with Crippen molar-refractivity contribution in [3.8, 4) is 0 Å². The van der Waals surface area contributed by atoms with E-state index in [1.54, 1.807) is 0 Å². The van der Waals surface area contributed by atoms with E-state index in [2.05, 4.69) is 30.1 Å². The van der Waals surface area contributed by atoms with Gasteiger partial charge in [-0.25, -0.2) is 0 Å². The van der Waals surface area contributed by atoms with Gasteiger partial charge in [0, 0.05) is 18.3 Å². The van der Waals surface area contributed by atoms with Crippen LogP contribution in [0.2, 0.25) is 0 Å². The highest BCUT2D eigenvalue weighted by Crippen LogP contribution is 2.34. The van der Waals surface area contributed by atoms with E-state index in [-0.39, 0.29) is 18.3 Å². The second-order valence-corrected chi connectivity index (χ2v) is 6.35. The Labute approximate surface area is 139 Å². The zero-order valence-electron chi connectivity index (χ0n) is 13.7. The fourth-order valence-electron chi connectivity index (χ4n) is 2.86. The van der Waals surface area contributed by atoms with Crippen molar-refractivity contribution in [1.29, 1.82) is 0 Å². The smallest absolute Gasteiger partial charge is 0.238 e. The van der Waals surface area contributed by atoms with E-state index in [9.17, 15) is 4.79 Å². The number of hydrogen-bond donors (Lipinski definition) is 2. The number of rotatable bonds is 7. The minimum atomic E-state index is 0. The first-order valence-electron chi connectivity index (χ1n) is 7.82. The van der Waals surface area contributed by atoms with Gasteiger partial charge in [0.05, 0.1) is 6.54 Å². The van der Waals surface area contributed by atoms with Gasteiger partial charge in [0.1, 0.15) is 0 Å². The summed E-state index contributed by atoms with van der Waals surface area (Å²) in [5, 5.41) is 3.04. The molecule has 1 atom stereocenters. The fourth-order valence-corrected chi connectivity index (χ4v) is 2.86. The molecule has 4 nitrogen and oxygen atoms in total. The number of nitrogens with two attached hydrogens (primary N) is 1. The van der Waals surface area contributed by atoms with Crippen molar-refractivity contribution >= 4 is 24.0 Å². The molecule has 1 aliphatic carbocycles. The number of nitrogens with zero attached hydrogens (tertiary/aromatic N) is 1. The number of hydrogen-bond acceptors (Lipinski definition) is 3. The van der Waals surface area contributed by atoms with E-state index < -0.39 is 0 Å². The summed E-state index contributed by atoms with van der Waals surface area (Å²) in [5.41, 5.74) is 7.92. The van der Waals surface area contributed by atoms with Crippen LogP contribution in [0.15, 0.2) is 24.3 Å². The van der Waals surface area contributed by atoms with Crippen LogP contribution in [0.4, 0.5) is 5.69 Å². The highest BCUT2D eigenvalue weighted by Gasteiger charge is 2.33. The third-order valence-electron chi connectivity index (χ3n) is 4.22. The minimum absolute atomic E-state index is 0. The predicted octanol–water partition coefficient (Wildman–Crippen LogP) is 2.84. The van der Waals surface area contributed by atoms with Crippen LogP contribution in [0.3, 0.4) is 0 Å². The number of anilines is 1. The molecule has 124 valence electrons. The number of carbonyl (C=O) groups is 1. The monoisotopic (exact) mass is 325 g/mol. The van der Waals surface area contributed by atoms with Crippen LogP contribution in [0, 0.1) is 5.92 Å². The lowest BCUT2D eigenvalue weighted by atomic mass is 10.0. The molecule has 5 heteroatoms. The van der Waals surface area contributed by atoms with Crippen molar-refractivity contribution in [2.24, 2.45) is 11.7 Å². The molecule has 0 aromatic heterocycles. The Morgan fingerprint density at radius 3 is 2.55 bits per heavy atom. The Hall–Kier alpha value is -1.10. The summed E-state index contributed by atoms with van der Waals surface area (Å²) in [7, 11) is 1.99. The molecule has 0 saturated heterocycles. The highest BCUT2D eigenvalue weighted by molar-refractivity contribution is 5.93. The van der Waals surface area contributed by atoms with Crippen LogP contribution < -0.4 is 11.1 Å². The normalized spacial score (nSPS) is 15.5. The average Bonchev–Trinajstić information content (AvgIpc) is 3.24. The molecule has 1 unspecified atom stereocenters. The number of amides is 1. The Morgan fingerprint density at radius 2 is 2.00 bits per heavy atom. The Balaban J connectivity index is 0.00000242. The van der Waals surface area contributed by atoms with Gasteiger partial charge in [0.15, 0.2) is 0 Å². The van der Waals surface area contributed by atoms with Gasteiger partial charge in [0.2, 0.25) is 5.91 Å². The maximum atomic E-state index is 12.3. The zero-order valence-corrected chi connectivity index (χ0v) is 14.5. The molecule has 1 saturated carbocycles. The number of benzene rings is 1. The first kappa shape index (κ1) is 18.9. The van der Waals surface area contributed by atoms with E-state index in [1.165, 1.54) is 18.4 Å². The molecule has 1 amide bonds. The van der Waals surface area contributed by atoms with Crippen LogP contribution >= 0.6 is 12.4 Å². The molecule has 22 heavy (non-hydrogen) atoms. The lowest BCUT2D eigenvalue weighted by Gasteiger charge is -2.26. The summed E-state index contributed by atoms with van der Waals surface area (Å²) in [4.78, 5) is 14.4. The third-order valence-corrected chi connectivity index (χ3v) is 4.22. The van der Waals surface area contributed by atoms with Gasteiger partial charge < -0.3 is 11.1 Å².